The summed E-state index contributed by atoms with van der Waals surface area (Å²) in [6, 6.07) is 30.5. The molecule has 0 aliphatic heterocycles. The summed E-state index contributed by atoms with van der Waals surface area (Å²) in [6.07, 6.45) is 12.9. The number of nitrogens with zero attached hydrogens (tertiary/aromatic N) is 12. The van der Waals surface area contributed by atoms with Crippen LogP contribution in [0.1, 0.15) is 178 Å². The fourth-order valence-corrected chi connectivity index (χ4v) is 31.3. The average Bonchev–Trinajstić information content (AvgIpc) is 1.63. The molecule has 9 heterocycles. The van der Waals surface area contributed by atoms with Crippen molar-refractivity contribution in [2.45, 2.75) is 147 Å². The summed E-state index contributed by atoms with van der Waals surface area (Å²) in [4.78, 5) is 90.8. The number of carboxylic acid groups (broad SMARTS) is 1. The third-order valence-corrected chi connectivity index (χ3v) is 37.9. The number of pyridine rings is 3. The van der Waals surface area contributed by atoms with Crippen LogP contribution in [0, 0.1) is 0 Å². The summed E-state index contributed by atoms with van der Waals surface area (Å²) in [5, 5.41) is 19.3. The zero-order chi connectivity index (χ0) is 83.9. The standard InChI is InChI=1S/C24H18F3N5O2S.C23H16F3N5O2S.C20H15BrF3N3O2S.C4H3N2.3C4H9.Li.H2O.Sn/c1-34-22(33)17-11-16(24(25,26)27)12-30-21(17)32-23-31-18(19(35-23)14-5-6-14)13-3-7-15(8-4-13)20-28-9-2-10-29-20;24-23(25,26)15-10-16(21(32)33)20(29-11-15)31-22-30-17(18(34-22)13-4-5-13)12-2-6-14(7-3-12)19-27-8-1-9-28-19;1-29-18(28)14-8-12(20(22,23)24)9-25-17(14)27-19-26-15(16(30-19)11-2-3-11)10-4-6-13(21)7-5-10;1-2-5-4-6-3-1;3*1-3-4-2;;;/h2-4,7-12,14H,5-6H2,1H3,(H,30,31,32);1-3,6-11,13H,4-5H2,(H,32,33)(H,29,30,31);4-9,11H,2-3H2,1H3,(H,25,26,27);1-3H;3*1,3-4H2,2H3;;1H2;/q;;;;;;;+1;;/p-1. The van der Waals surface area contributed by atoms with Crippen molar-refractivity contribution in [3.05, 3.63) is 217 Å². The third kappa shape index (κ3) is 24.1. The first kappa shape index (κ1) is 92.5. The number of unbranched alkanes of at least 4 members (excludes halogenated alkanes) is 3. The summed E-state index contributed by atoms with van der Waals surface area (Å²) >= 11 is 5.25. The molecule has 0 bridgehead atoms. The molecule has 15 rings (SSSR count). The number of aromatic carboxylic acids is 1. The van der Waals surface area contributed by atoms with E-state index >= 15 is 0 Å². The summed E-state index contributed by atoms with van der Waals surface area (Å²) < 4.78 is 133. The fraction of sp³-hybridized carbons (Fsp3) is 0.313. The molecular formula is C83H80BrF9LiN15O7S3Sn. The monoisotopic (exact) mass is 1870 g/mol. The number of carboxylic acids is 1. The Kier molecular flexibility index (Phi) is 32.1. The normalized spacial score (nSPS) is 13.1. The van der Waals surface area contributed by atoms with Gasteiger partial charge in [-0.15, -0.1) is 34.0 Å². The van der Waals surface area contributed by atoms with Crippen LogP contribution in [0.5, 0.6) is 0 Å². The van der Waals surface area contributed by atoms with Crippen molar-refractivity contribution in [3.63, 3.8) is 0 Å². The SMILES string of the molecule is CCC[CH2][Sn]([CH2]CCC)([CH2]CCC)[c]1ncccn1.COC(=O)c1cc(C(F)(F)F)cnc1Nc1nc(-c2ccc(-c3ncccn3)cc2)c(C2CC2)s1.COC(=O)c1cc(C(F)(F)F)cnc1Nc1nc(-c2ccc(Br)cc2)c(C2CC2)s1.O=C(O)c1cc(C(F)(F)F)cnc1Nc1nc(-c2ccc(-c3ncccn3)cc2)c(C2CC2)s1.[Li+].[OH-]. The largest absolute Gasteiger partial charge is 1.00 e. The second-order valence-electron chi connectivity index (χ2n) is 28.0. The Morgan fingerprint density at radius 3 is 1.02 bits per heavy atom. The van der Waals surface area contributed by atoms with Gasteiger partial charge < -0.3 is 36.0 Å². The number of nitrogens with one attached hydrogen (secondary N) is 3. The number of rotatable bonds is 27. The Balaban J connectivity index is 0.000000171. The molecule has 0 amide bonds. The molecule has 0 spiro atoms. The Hall–Kier alpha value is -9.74. The molecule has 37 heteroatoms. The third-order valence-electron chi connectivity index (χ3n) is 19.3. The Morgan fingerprint density at radius 2 is 0.733 bits per heavy atom. The van der Waals surface area contributed by atoms with Crippen LogP contribution in [0.3, 0.4) is 0 Å². The van der Waals surface area contributed by atoms with Gasteiger partial charge in [0.25, 0.3) is 0 Å². The molecule has 3 saturated carbocycles. The van der Waals surface area contributed by atoms with Crippen molar-refractivity contribution < 1.29 is 92.8 Å². The van der Waals surface area contributed by atoms with Crippen LogP contribution in [-0.4, -0.2) is 121 Å². The first-order chi connectivity index (χ1) is 56.7. The Labute approximate surface area is 721 Å². The molecule has 0 atom stereocenters. The second-order valence-corrected chi connectivity index (χ2v) is 44.9. The molecular weight excluding hydrogens is 1790 g/mol. The number of carbonyl (C=O) groups excluding carboxylic acids is 2. The maximum absolute atomic E-state index is 13.1. The van der Waals surface area contributed by atoms with Crippen LogP contribution >= 0.6 is 49.9 Å². The van der Waals surface area contributed by atoms with Crippen LogP contribution in [0.4, 0.5) is 72.4 Å². The number of thiazole rings is 3. The van der Waals surface area contributed by atoms with Gasteiger partial charge in [0.05, 0.1) is 48.0 Å². The van der Waals surface area contributed by atoms with Crippen LogP contribution in [0.15, 0.2) is 169 Å². The topological polar surface area (TPSA) is 311 Å². The quantitative estimate of drug-likeness (QED) is 0.0211. The number of benzene rings is 3. The summed E-state index contributed by atoms with van der Waals surface area (Å²) in [6.45, 7) is 6.92. The first-order valence-electron chi connectivity index (χ1n) is 37.9. The molecule has 3 aromatic carbocycles. The number of aromatic nitrogens is 12. The van der Waals surface area contributed by atoms with Gasteiger partial charge in [0.1, 0.15) is 34.1 Å². The zero-order valence-electron chi connectivity index (χ0n) is 65.7. The summed E-state index contributed by atoms with van der Waals surface area (Å²) in [5.74, 6) is -1.28. The molecule has 3 aliphatic rings. The van der Waals surface area contributed by atoms with Gasteiger partial charge in [0.2, 0.25) is 0 Å². The predicted octanol–water partition coefficient (Wildman–Crippen LogP) is 19.8. The van der Waals surface area contributed by atoms with E-state index in [4.69, 9.17) is 15.0 Å². The number of hydrogen-bond donors (Lipinski definition) is 4. The van der Waals surface area contributed by atoms with E-state index in [1.54, 1.807) is 36.9 Å². The molecule has 3 aliphatic carbocycles. The van der Waals surface area contributed by atoms with Crippen LogP contribution in [0.25, 0.3) is 56.5 Å². The van der Waals surface area contributed by atoms with E-state index in [-0.39, 0.29) is 52.9 Å². The molecule has 0 radical (unpaired) electrons. The zero-order valence-corrected chi connectivity index (χ0v) is 72.6. The van der Waals surface area contributed by atoms with E-state index in [1.165, 1.54) is 89.7 Å². The minimum absolute atomic E-state index is 0. The van der Waals surface area contributed by atoms with Gasteiger partial charge in [0.15, 0.2) is 27.0 Å². The van der Waals surface area contributed by atoms with Crippen molar-refractivity contribution in [1.29, 1.82) is 0 Å². The number of alkyl halides is 9. The van der Waals surface area contributed by atoms with Crippen molar-refractivity contribution in [2.24, 2.45) is 0 Å². The molecule has 9 aromatic heterocycles. The van der Waals surface area contributed by atoms with Gasteiger partial charge in [-0.2, -0.15) is 39.5 Å². The molecule has 12 aromatic rings. The molecule has 622 valence electrons. The van der Waals surface area contributed by atoms with E-state index in [2.05, 4.69) is 107 Å². The predicted molar refractivity (Wildman–Crippen MR) is 444 cm³/mol. The summed E-state index contributed by atoms with van der Waals surface area (Å²) in [7, 11) is 2.20. The van der Waals surface area contributed by atoms with Gasteiger partial charge in [-0.3, -0.25) is 0 Å². The maximum Gasteiger partial charge on any atom is 1.00 e. The van der Waals surface area contributed by atoms with Gasteiger partial charge in [-0.25, -0.2) is 64.2 Å². The molecule has 22 nitrogen and oxygen atoms in total. The summed E-state index contributed by atoms with van der Waals surface area (Å²) in [5.41, 5.74) is 2.38. The number of halogens is 10. The smallest absolute Gasteiger partial charge is 0.870 e. The number of anilines is 6. The van der Waals surface area contributed by atoms with Crippen molar-refractivity contribution in [1.82, 2.24) is 59.8 Å². The molecule has 120 heavy (non-hydrogen) atoms. The van der Waals surface area contributed by atoms with Crippen LogP contribution in [0.2, 0.25) is 13.3 Å². The first-order valence-corrected chi connectivity index (χ1v) is 48.6. The van der Waals surface area contributed by atoms with E-state index in [9.17, 15) is 59.0 Å². The number of ether oxygens (including phenoxy) is 2. The van der Waals surface area contributed by atoms with E-state index in [0.717, 1.165) is 129 Å². The minimum atomic E-state index is -4.69. The van der Waals surface area contributed by atoms with Crippen LogP contribution in [-0.2, 0) is 28.0 Å². The molecule has 0 unspecified atom stereocenters. The van der Waals surface area contributed by atoms with Crippen molar-refractivity contribution in [2.75, 3.05) is 30.2 Å². The molecule has 3 fully saturated rings. The van der Waals surface area contributed by atoms with Crippen LogP contribution < -0.4 is 38.7 Å². The van der Waals surface area contributed by atoms with Gasteiger partial charge in [-0.05, 0) is 98.7 Å². The van der Waals surface area contributed by atoms with E-state index in [0.29, 0.717) is 69.5 Å². The van der Waals surface area contributed by atoms with Gasteiger partial charge in [-0.1, -0.05) is 76.6 Å². The Bertz CT molecular complexity index is 5410. The number of carbonyl (C=O) groups is 3. The number of esters is 2. The Morgan fingerprint density at radius 1 is 0.450 bits per heavy atom. The minimum Gasteiger partial charge on any atom is -0.870 e. The number of hydrogen-bond acceptors (Lipinski definition) is 24. The second kappa shape index (κ2) is 41.7. The van der Waals surface area contributed by atoms with Crippen molar-refractivity contribution in [3.8, 4) is 56.5 Å². The fourth-order valence-electron chi connectivity index (χ4n) is 12.7. The number of methoxy groups -OCH3 is 2. The van der Waals surface area contributed by atoms with E-state index in [1.807, 2.05) is 91.3 Å². The maximum atomic E-state index is 13.1. The molecule has 0 saturated heterocycles. The average molecular weight is 1870 g/mol. The van der Waals surface area contributed by atoms with Gasteiger partial charge >= 0.3 is 179 Å². The van der Waals surface area contributed by atoms with E-state index < -0.39 is 77.1 Å². The van der Waals surface area contributed by atoms with Crippen molar-refractivity contribution >= 4 is 123 Å². The van der Waals surface area contributed by atoms with Gasteiger partial charge in [0, 0.05) is 90.3 Å². The molecule has 5 N–H and O–H groups in total.